The Bertz CT molecular complexity index is 5340. The highest BCUT2D eigenvalue weighted by atomic mass is 35.5. The molecule has 2 aliphatic rings. The van der Waals surface area contributed by atoms with Crippen LogP contribution in [0.15, 0.2) is 313 Å². The molecule has 10 aromatic rings. The Balaban J connectivity index is 1.40. The third kappa shape index (κ3) is 15.8. The van der Waals surface area contributed by atoms with Gasteiger partial charge in [-0.3, -0.25) is 19.2 Å². The Morgan fingerprint density at radius 2 is 0.336 bits per heavy atom. The molecule has 0 radical (unpaired) electrons. The van der Waals surface area contributed by atoms with Crippen LogP contribution in [0.25, 0.3) is 0 Å². The zero-order chi connectivity index (χ0) is 87.2. The van der Waals surface area contributed by atoms with E-state index in [0.717, 1.165) is 0 Å². The van der Waals surface area contributed by atoms with Gasteiger partial charge >= 0.3 is 59.7 Å². The lowest BCUT2D eigenvalue weighted by molar-refractivity contribution is -0.224. The van der Waals surface area contributed by atoms with Crippen LogP contribution in [0.4, 0.5) is 0 Å². The molecule has 0 spiro atoms. The van der Waals surface area contributed by atoms with Crippen molar-refractivity contribution in [1.82, 2.24) is 0 Å². The zero-order valence-electron chi connectivity index (χ0n) is 63.9. The lowest BCUT2D eigenvalue weighted by atomic mass is 9.35. The van der Waals surface area contributed by atoms with E-state index in [4.69, 9.17) is 163 Å². The second-order valence-corrected chi connectivity index (χ2v) is 33.3. The summed E-state index contributed by atoms with van der Waals surface area (Å²) in [5.74, 6) is -24.6. The second kappa shape index (κ2) is 38.5. The molecule has 0 amide bonds. The summed E-state index contributed by atoms with van der Waals surface area (Å²) < 4.78 is 63.1. The van der Waals surface area contributed by atoms with Gasteiger partial charge in [-0.15, -0.1) is 81.2 Å². The van der Waals surface area contributed by atoms with Crippen molar-refractivity contribution in [3.63, 3.8) is 0 Å². The van der Waals surface area contributed by atoms with Crippen molar-refractivity contribution in [2.24, 2.45) is 10.8 Å². The fourth-order valence-corrected chi connectivity index (χ4v) is 20.2. The van der Waals surface area contributed by atoms with Crippen molar-refractivity contribution < 1.29 is 95.3 Å². The molecule has 1 fully saturated rings. The van der Waals surface area contributed by atoms with Crippen LogP contribution in [-0.4, -0.2) is 98.7 Å². The Morgan fingerprint density at radius 1 is 0.180 bits per heavy atom. The Hall–Kier alpha value is -10.5. The molecule has 0 aromatic heterocycles. The highest BCUT2D eigenvalue weighted by Gasteiger charge is 3.08. The van der Waals surface area contributed by atoms with Crippen molar-refractivity contribution >= 4 is 176 Å². The van der Waals surface area contributed by atoms with E-state index < -0.39 is 186 Å². The molecule has 0 N–H and O–H groups in total. The summed E-state index contributed by atoms with van der Waals surface area (Å²) in [5.41, 5.74) is -11.1. The normalized spacial score (nSPS) is 24.6. The summed E-state index contributed by atoms with van der Waals surface area (Å²) in [6.45, 7) is -11.3. The zero-order valence-corrected chi connectivity index (χ0v) is 71.4. The first kappa shape index (κ1) is 90.8. The van der Waals surface area contributed by atoms with E-state index in [1.54, 1.807) is 30.3 Å². The van der Waals surface area contributed by atoms with Crippen LogP contribution in [0.2, 0.25) is 0 Å². The van der Waals surface area contributed by atoms with Crippen LogP contribution in [-0.2, 0) is 161 Å². The van der Waals surface area contributed by atoms with Crippen LogP contribution in [0, 0.1) is 10.8 Å². The number of hydrogen-bond donors (Lipinski definition) is 0. The van der Waals surface area contributed by atoms with Crippen LogP contribution in [0.3, 0.4) is 0 Å². The van der Waals surface area contributed by atoms with Crippen molar-refractivity contribution in [1.29, 1.82) is 0 Å². The topological polar surface area (TPSA) is 263 Å². The summed E-state index contributed by atoms with van der Waals surface area (Å²) in [7, 11) is 0. The fourth-order valence-electron chi connectivity index (χ4n) is 14.8. The molecule has 0 bridgehead atoms. The van der Waals surface area contributed by atoms with Gasteiger partial charge in [0.1, 0.15) is 66.1 Å². The number of carbonyl (C=O) groups excluding carboxylic acids is 10. The van der Waals surface area contributed by atoms with Crippen LogP contribution in [0.1, 0.15) is 55.6 Å². The molecule has 8 unspecified atom stereocenters. The lowest BCUT2D eigenvalue weighted by Crippen LogP contribution is -2.99. The lowest BCUT2D eigenvalue weighted by Gasteiger charge is -2.72. The molecule has 0 saturated heterocycles. The Labute approximate surface area is 750 Å². The predicted octanol–water partition coefficient (Wildman–Crippen LogP) is 17.9. The molecule has 2 aliphatic carbocycles. The number of halogens is 10. The Morgan fingerprint density at radius 3 is 0.549 bits per heavy atom. The van der Waals surface area contributed by atoms with Gasteiger partial charge in [0, 0.05) is 0 Å². The van der Waals surface area contributed by atoms with E-state index in [9.17, 15) is 0 Å². The van der Waals surface area contributed by atoms with Gasteiger partial charge in [-0.25, -0.2) is 28.8 Å². The summed E-state index contributed by atoms with van der Waals surface area (Å²) >= 11 is 85.8. The monoisotopic (exact) mass is 1840 g/mol. The maximum Gasteiger partial charge on any atom is 0.335 e. The number of benzene rings is 10. The van der Waals surface area contributed by atoms with Gasteiger partial charge < -0.3 is 47.4 Å². The van der Waals surface area contributed by atoms with Crippen LogP contribution < -0.4 is 0 Å². The molecular weight excluding hydrogens is 1780 g/mol. The minimum Gasteiger partial charge on any atom is -0.460 e. The number of rotatable bonds is 31. The van der Waals surface area contributed by atoms with E-state index in [-0.39, 0.29) is 55.6 Å². The summed E-state index contributed by atoms with van der Waals surface area (Å²) in [6, 6.07) is 72.0. The number of hydrogen-bond acceptors (Lipinski definition) is 20. The number of esters is 10. The van der Waals surface area contributed by atoms with Crippen molar-refractivity contribution in [2.75, 3.05) is 0 Å². The average molecular weight is 1850 g/mol. The van der Waals surface area contributed by atoms with Gasteiger partial charge in [-0.05, 0) is 55.6 Å². The standard InChI is InChI=1S/C92H70Cl10O20/c93-71-72(94)84(95,74(104)114-52-62-33-13-2-14-34-62)87(97,77(107)117-55-65-39-19-5-20-40-65)86(96,76(106)116-54-64-37-17-4-18-38-64)83(71,73(103)113-51-61-31-11-1-12-32-61)85(75(105)115-53-63-35-15-3-16-36-63)88(98,78(108)118-56-66-41-21-6-22-42-66)90(100,80(110)120-58-68-45-25-8-26-46-68)92(102,82(112)122-60-70-49-29-10-30-50-70)91(101,81(111)121-59-69-47-27-9-28-48-69)89(85,99)79(109)119-57-67-43-23-7-24-44-67/h1-50H,51-60H2. The molecule has 20 nitrogen and oxygen atoms in total. The largest absolute Gasteiger partial charge is 0.460 e. The number of ether oxygens (including phenoxy) is 10. The molecule has 0 aliphatic heterocycles. The molecular formula is C92H70Cl10O20. The molecule has 628 valence electrons. The number of carbonyl (C=O) groups is 10. The van der Waals surface area contributed by atoms with E-state index in [1.807, 2.05) is 0 Å². The van der Waals surface area contributed by atoms with Crippen LogP contribution >= 0.6 is 116 Å². The van der Waals surface area contributed by atoms with Crippen LogP contribution in [0.5, 0.6) is 0 Å². The van der Waals surface area contributed by atoms with Crippen molar-refractivity contribution in [3.8, 4) is 0 Å². The molecule has 0 heterocycles. The SMILES string of the molecule is O=C(OCc1ccccc1)C1(Cl)C(Cl)=C(Cl)C(C(=O)OCc2ccccc2)(C2(C(=O)OCc3ccccc3)C(Cl)(C(=O)OCc3ccccc3)C(Cl)(C(=O)OCc3ccccc3)C(Cl)(C(=O)OCc3ccccc3)C(Cl)(C(=O)OCc3ccccc3)C2(Cl)C(=O)OCc2ccccc2)C(Cl)(C(=O)OCc2ccccc2)C1(Cl)C(=O)OCc1ccccc1. The molecule has 10 aromatic carbocycles. The fraction of sp³-hybridized carbons (Fsp3) is 0.217. The maximum atomic E-state index is 19.2. The van der Waals surface area contributed by atoms with Crippen molar-refractivity contribution in [2.45, 2.75) is 105 Å². The predicted molar refractivity (Wildman–Crippen MR) is 455 cm³/mol. The summed E-state index contributed by atoms with van der Waals surface area (Å²) in [5, 5.41) is -3.95. The first-order valence-electron chi connectivity index (χ1n) is 37.3. The molecule has 122 heavy (non-hydrogen) atoms. The first-order chi connectivity index (χ1) is 58.6. The number of alkyl halides is 8. The van der Waals surface area contributed by atoms with Crippen molar-refractivity contribution in [3.05, 3.63) is 369 Å². The Kier molecular flexibility index (Phi) is 28.7. The third-order valence-electron chi connectivity index (χ3n) is 20.8. The van der Waals surface area contributed by atoms with E-state index in [0.29, 0.717) is 0 Å². The minimum absolute atomic E-state index is 0.00480. The minimum atomic E-state index is -5.63. The second-order valence-electron chi connectivity index (χ2n) is 28.0. The average Bonchev–Trinajstić information content (AvgIpc) is 0.603. The van der Waals surface area contributed by atoms with Gasteiger partial charge in [0.25, 0.3) is 0 Å². The molecule has 8 atom stereocenters. The van der Waals surface area contributed by atoms with Gasteiger partial charge in [-0.2, -0.15) is 0 Å². The smallest absolute Gasteiger partial charge is 0.335 e. The molecule has 12 rings (SSSR count). The van der Waals surface area contributed by atoms with Gasteiger partial charge in [0.15, 0.2) is 25.5 Å². The van der Waals surface area contributed by atoms with E-state index in [2.05, 4.69) is 0 Å². The first-order valence-corrected chi connectivity index (χ1v) is 41.0. The van der Waals surface area contributed by atoms with E-state index in [1.165, 1.54) is 273 Å². The highest BCUT2D eigenvalue weighted by Crippen LogP contribution is 2.84. The third-order valence-corrected chi connectivity index (χ3v) is 28.2. The van der Waals surface area contributed by atoms with Gasteiger partial charge in [0.05, 0.1) is 10.1 Å². The summed E-state index contributed by atoms with van der Waals surface area (Å²) in [4.78, 5) is 140. The van der Waals surface area contributed by atoms with Gasteiger partial charge in [0.2, 0.25) is 24.4 Å². The van der Waals surface area contributed by atoms with Gasteiger partial charge in [-0.1, -0.05) is 338 Å². The molecule has 1 saturated carbocycles. The molecule has 30 heteroatoms. The summed E-state index contributed by atoms with van der Waals surface area (Å²) in [6.07, 6.45) is 0. The quantitative estimate of drug-likeness (QED) is 0.0222. The highest BCUT2D eigenvalue weighted by molar-refractivity contribution is 6.67. The van der Waals surface area contributed by atoms with E-state index >= 15 is 47.9 Å². The maximum absolute atomic E-state index is 19.2.